The number of benzene rings is 1. The SMILES string of the molecule is O=C1CC(c2ccccc2O)=NN1c1nc(C(F)(F)F)cs1. The number of hydrogen-bond acceptors (Lipinski definition) is 5. The molecule has 2 heterocycles. The molecule has 0 saturated carbocycles. The predicted octanol–water partition coefficient (Wildman–Crippen LogP) is 3.01. The third-order valence-corrected chi connectivity index (χ3v) is 3.77. The molecule has 0 unspecified atom stereocenters. The maximum absolute atomic E-state index is 12.6. The van der Waals surface area contributed by atoms with Crippen molar-refractivity contribution >= 4 is 28.1 Å². The van der Waals surface area contributed by atoms with Crippen LogP contribution in [0.2, 0.25) is 0 Å². The van der Waals surface area contributed by atoms with Crippen molar-refractivity contribution in [2.45, 2.75) is 12.6 Å². The van der Waals surface area contributed by atoms with Gasteiger partial charge in [0.1, 0.15) is 5.75 Å². The van der Waals surface area contributed by atoms with Crippen LogP contribution in [0.25, 0.3) is 0 Å². The smallest absolute Gasteiger partial charge is 0.434 e. The van der Waals surface area contributed by atoms with E-state index in [9.17, 15) is 23.1 Å². The number of aromatic nitrogens is 1. The Morgan fingerprint density at radius 3 is 2.64 bits per heavy atom. The average Bonchev–Trinajstić information content (AvgIpc) is 3.05. The number of anilines is 1. The molecule has 22 heavy (non-hydrogen) atoms. The van der Waals surface area contributed by atoms with Crippen LogP contribution in [0.3, 0.4) is 0 Å². The first-order chi connectivity index (χ1) is 10.4. The number of halogens is 3. The van der Waals surface area contributed by atoms with Crippen molar-refractivity contribution in [1.82, 2.24) is 4.98 Å². The molecule has 0 saturated heterocycles. The maximum atomic E-state index is 12.6. The summed E-state index contributed by atoms with van der Waals surface area (Å²) in [5, 5.41) is 15.3. The van der Waals surface area contributed by atoms with E-state index in [1.807, 2.05) is 0 Å². The van der Waals surface area contributed by atoms with Crippen LogP contribution in [0.1, 0.15) is 17.7 Å². The largest absolute Gasteiger partial charge is 0.507 e. The molecule has 9 heteroatoms. The molecule has 0 radical (unpaired) electrons. The molecule has 0 aliphatic carbocycles. The third-order valence-electron chi connectivity index (χ3n) is 2.95. The minimum atomic E-state index is -4.57. The zero-order valence-corrected chi connectivity index (χ0v) is 11.6. The van der Waals surface area contributed by atoms with Gasteiger partial charge in [-0.25, -0.2) is 4.98 Å². The van der Waals surface area contributed by atoms with Gasteiger partial charge in [-0.1, -0.05) is 12.1 Å². The molecule has 114 valence electrons. The number of carbonyl (C=O) groups excluding carboxylic acids is 1. The summed E-state index contributed by atoms with van der Waals surface area (Å²) >= 11 is 0.683. The van der Waals surface area contributed by atoms with Gasteiger partial charge in [0.05, 0.1) is 12.1 Å². The van der Waals surface area contributed by atoms with Gasteiger partial charge in [0.25, 0.3) is 5.91 Å². The van der Waals surface area contributed by atoms with Crippen molar-refractivity contribution in [3.63, 3.8) is 0 Å². The normalized spacial score (nSPS) is 15.3. The first-order valence-electron chi connectivity index (χ1n) is 6.08. The minimum Gasteiger partial charge on any atom is -0.507 e. The summed E-state index contributed by atoms with van der Waals surface area (Å²) in [6, 6.07) is 6.30. The molecule has 0 bridgehead atoms. The monoisotopic (exact) mass is 327 g/mol. The first-order valence-corrected chi connectivity index (χ1v) is 6.96. The molecule has 0 spiro atoms. The molecular weight excluding hydrogens is 319 g/mol. The van der Waals surface area contributed by atoms with Crippen LogP contribution < -0.4 is 5.01 Å². The second-order valence-corrected chi connectivity index (χ2v) is 5.30. The number of carbonyl (C=O) groups is 1. The molecule has 0 atom stereocenters. The lowest BCUT2D eigenvalue weighted by Gasteiger charge is -2.06. The van der Waals surface area contributed by atoms with Gasteiger partial charge >= 0.3 is 6.18 Å². The number of phenolic OH excluding ortho intramolecular Hbond substituents is 1. The zero-order valence-electron chi connectivity index (χ0n) is 10.8. The number of aromatic hydroxyl groups is 1. The Morgan fingerprint density at radius 1 is 1.27 bits per heavy atom. The van der Waals surface area contributed by atoms with Gasteiger partial charge in [-0.2, -0.15) is 23.3 Å². The van der Waals surface area contributed by atoms with E-state index < -0.39 is 17.8 Å². The standard InChI is InChI=1S/C13H8F3N3O2S/c14-13(15,16)10-6-22-12(17-10)19-11(21)5-8(18-19)7-3-1-2-4-9(7)20/h1-4,6,20H,5H2. The second-order valence-electron chi connectivity index (χ2n) is 4.46. The summed E-state index contributed by atoms with van der Waals surface area (Å²) in [4.78, 5) is 15.3. The summed E-state index contributed by atoms with van der Waals surface area (Å²) in [5.41, 5.74) is -0.413. The Kier molecular flexibility index (Phi) is 3.36. The molecule has 1 N–H and O–H groups in total. The van der Waals surface area contributed by atoms with Crippen molar-refractivity contribution in [1.29, 1.82) is 0 Å². The van der Waals surface area contributed by atoms with E-state index in [1.165, 1.54) is 6.07 Å². The molecular formula is C13H8F3N3O2S. The molecule has 2 aromatic rings. The number of alkyl halides is 3. The van der Waals surface area contributed by atoms with Crippen molar-refractivity contribution in [2.24, 2.45) is 5.10 Å². The Hall–Kier alpha value is -2.42. The maximum Gasteiger partial charge on any atom is 0.434 e. The Labute approximate surface area is 126 Å². The molecule has 1 aromatic heterocycles. The number of phenols is 1. The van der Waals surface area contributed by atoms with Crippen LogP contribution in [0.15, 0.2) is 34.7 Å². The van der Waals surface area contributed by atoms with Crippen molar-refractivity contribution in [3.8, 4) is 5.75 Å². The van der Waals surface area contributed by atoms with Crippen LogP contribution in [0.4, 0.5) is 18.3 Å². The molecule has 1 amide bonds. The van der Waals surface area contributed by atoms with Gasteiger partial charge in [0, 0.05) is 10.9 Å². The van der Waals surface area contributed by atoms with Crippen LogP contribution in [0, 0.1) is 0 Å². The molecule has 3 rings (SSSR count). The number of para-hydroxylation sites is 1. The second kappa shape index (κ2) is 5.09. The van der Waals surface area contributed by atoms with Crippen LogP contribution >= 0.6 is 11.3 Å². The third kappa shape index (κ3) is 2.54. The van der Waals surface area contributed by atoms with Crippen molar-refractivity contribution in [2.75, 3.05) is 5.01 Å². The Bertz CT molecular complexity index is 770. The molecule has 0 fully saturated rings. The number of amides is 1. The van der Waals surface area contributed by atoms with Crippen molar-refractivity contribution in [3.05, 3.63) is 40.9 Å². The Morgan fingerprint density at radius 2 is 2.00 bits per heavy atom. The topological polar surface area (TPSA) is 65.8 Å². The highest BCUT2D eigenvalue weighted by molar-refractivity contribution is 7.14. The fourth-order valence-corrected chi connectivity index (χ4v) is 2.73. The van der Waals surface area contributed by atoms with Crippen molar-refractivity contribution < 1.29 is 23.1 Å². The summed E-state index contributed by atoms with van der Waals surface area (Å²) in [7, 11) is 0. The predicted molar refractivity (Wildman–Crippen MR) is 73.9 cm³/mol. The van der Waals surface area contributed by atoms with Gasteiger partial charge in [-0.3, -0.25) is 4.79 Å². The van der Waals surface area contributed by atoms with Gasteiger partial charge in [0.15, 0.2) is 5.69 Å². The molecule has 1 aliphatic rings. The van der Waals surface area contributed by atoms with Gasteiger partial charge in [0.2, 0.25) is 5.13 Å². The summed E-state index contributed by atoms with van der Waals surface area (Å²) in [6.45, 7) is 0. The fraction of sp³-hybridized carbons (Fsp3) is 0.154. The van der Waals surface area contributed by atoms with Crippen LogP contribution in [-0.4, -0.2) is 21.7 Å². The lowest BCUT2D eigenvalue weighted by molar-refractivity contribution is -0.140. The number of hydrazone groups is 1. The summed E-state index contributed by atoms with van der Waals surface area (Å²) in [6.07, 6.45) is -4.68. The lowest BCUT2D eigenvalue weighted by Crippen LogP contribution is -2.19. The average molecular weight is 327 g/mol. The van der Waals surface area contributed by atoms with E-state index >= 15 is 0 Å². The van der Waals surface area contributed by atoms with Crippen LogP contribution in [0.5, 0.6) is 5.75 Å². The Balaban J connectivity index is 1.94. The molecule has 5 nitrogen and oxygen atoms in total. The van der Waals surface area contributed by atoms with E-state index in [2.05, 4.69) is 10.1 Å². The minimum absolute atomic E-state index is 0.0500. The van der Waals surface area contributed by atoms with E-state index in [0.717, 1.165) is 10.4 Å². The van der Waals surface area contributed by atoms with E-state index in [1.54, 1.807) is 18.2 Å². The molecule has 1 aliphatic heterocycles. The highest BCUT2D eigenvalue weighted by Crippen LogP contribution is 2.34. The number of nitrogens with zero attached hydrogens (tertiary/aromatic N) is 3. The summed E-state index contributed by atoms with van der Waals surface area (Å²) in [5.74, 6) is -0.549. The lowest BCUT2D eigenvalue weighted by atomic mass is 10.1. The van der Waals surface area contributed by atoms with E-state index in [4.69, 9.17) is 0 Å². The van der Waals surface area contributed by atoms with E-state index in [0.29, 0.717) is 16.9 Å². The molecule has 1 aromatic carbocycles. The first kappa shape index (κ1) is 14.5. The number of thiazole rings is 1. The highest BCUT2D eigenvalue weighted by atomic mass is 32.1. The zero-order chi connectivity index (χ0) is 15.9. The van der Waals surface area contributed by atoms with Crippen LogP contribution in [-0.2, 0) is 11.0 Å². The summed E-state index contributed by atoms with van der Waals surface area (Å²) < 4.78 is 37.7. The quantitative estimate of drug-likeness (QED) is 0.922. The van der Waals surface area contributed by atoms with Gasteiger partial charge in [-0.15, -0.1) is 11.3 Å². The van der Waals surface area contributed by atoms with Gasteiger partial charge in [-0.05, 0) is 12.1 Å². The van der Waals surface area contributed by atoms with E-state index in [-0.39, 0.29) is 23.0 Å². The number of rotatable bonds is 2. The number of hydrogen-bond donors (Lipinski definition) is 1. The highest BCUT2D eigenvalue weighted by Gasteiger charge is 2.36. The fourth-order valence-electron chi connectivity index (χ4n) is 1.94. The van der Waals surface area contributed by atoms with Gasteiger partial charge < -0.3 is 5.11 Å².